The van der Waals surface area contributed by atoms with E-state index in [0.717, 1.165) is 29.0 Å². The summed E-state index contributed by atoms with van der Waals surface area (Å²) in [4.78, 5) is 17.9. The SMILES string of the molecule is Cc1ccc(-c2nc(NC(=O)NC3CCCCC3)sc2C)cc1C. The summed E-state index contributed by atoms with van der Waals surface area (Å²) in [7, 11) is 0. The summed E-state index contributed by atoms with van der Waals surface area (Å²) in [6.45, 7) is 6.26. The number of nitrogens with zero attached hydrogens (tertiary/aromatic N) is 1. The Kier molecular flexibility index (Phi) is 5.19. The number of thiazole rings is 1. The van der Waals surface area contributed by atoms with Crippen LogP contribution in [0.25, 0.3) is 11.3 Å². The Bertz CT molecular complexity index is 732. The number of carbonyl (C=O) groups excluding carboxylic acids is 1. The second-order valence-corrected chi connectivity index (χ2v) is 7.86. The minimum absolute atomic E-state index is 0.137. The number of urea groups is 1. The third-order valence-electron chi connectivity index (χ3n) is 4.74. The maximum Gasteiger partial charge on any atom is 0.321 e. The molecule has 1 aliphatic rings. The van der Waals surface area contributed by atoms with Crippen molar-refractivity contribution in [2.24, 2.45) is 0 Å². The quantitative estimate of drug-likeness (QED) is 0.806. The van der Waals surface area contributed by atoms with E-state index in [1.165, 1.54) is 41.7 Å². The van der Waals surface area contributed by atoms with Crippen molar-refractivity contribution in [3.63, 3.8) is 0 Å². The molecular weight excluding hydrogens is 318 g/mol. The number of anilines is 1. The number of rotatable bonds is 3. The Balaban J connectivity index is 1.69. The molecule has 0 unspecified atom stereocenters. The van der Waals surface area contributed by atoms with Crippen molar-refractivity contribution >= 4 is 22.5 Å². The third kappa shape index (κ3) is 3.96. The molecule has 3 rings (SSSR count). The highest BCUT2D eigenvalue weighted by Gasteiger charge is 2.17. The van der Waals surface area contributed by atoms with Gasteiger partial charge >= 0.3 is 6.03 Å². The Morgan fingerprint density at radius 3 is 2.58 bits per heavy atom. The highest BCUT2D eigenvalue weighted by atomic mass is 32.1. The van der Waals surface area contributed by atoms with Crippen molar-refractivity contribution in [1.82, 2.24) is 10.3 Å². The molecule has 1 heterocycles. The van der Waals surface area contributed by atoms with E-state index >= 15 is 0 Å². The second kappa shape index (κ2) is 7.34. The molecule has 1 aliphatic carbocycles. The summed E-state index contributed by atoms with van der Waals surface area (Å²) < 4.78 is 0. The van der Waals surface area contributed by atoms with Crippen LogP contribution in [0.4, 0.5) is 9.93 Å². The van der Waals surface area contributed by atoms with Gasteiger partial charge in [0.15, 0.2) is 5.13 Å². The van der Waals surface area contributed by atoms with E-state index in [9.17, 15) is 4.79 Å². The molecule has 5 heteroatoms. The molecule has 128 valence electrons. The van der Waals surface area contributed by atoms with Crippen molar-refractivity contribution in [3.8, 4) is 11.3 Å². The number of aromatic nitrogens is 1. The number of amides is 2. The fourth-order valence-electron chi connectivity index (χ4n) is 3.17. The van der Waals surface area contributed by atoms with Gasteiger partial charge in [-0.3, -0.25) is 5.32 Å². The standard InChI is InChI=1S/C19H25N3OS/c1-12-9-10-15(11-13(12)2)17-14(3)24-19(21-17)22-18(23)20-16-7-5-4-6-8-16/h9-11,16H,4-8H2,1-3H3,(H2,20,21,22,23). The normalized spacial score (nSPS) is 15.3. The monoisotopic (exact) mass is 343 g/mol. The average Bonchev–Trinajstić information content (AvgIpc) is 2.91. The van der Waals surface area contributed by atoms with Gasteiger partial charge in [0.2, 0.25) is 0 Å². The van der Waals surface area contributed by atoms with Crippen molar-refractivity contribution in [2.75, 3.05) is 5.32 Å². The minimum atomic E-state index is -0.137. The smallest absolute Gasteiger partial charge is 0.321 e. The molecular formula is C19H25N3OS. The number of hydrogen-bond acceptors (Lipinski definition) is 3. The van der Waals surface area contributed by atoms with Crippen LogP contribution in [0.3, 0.4) is 0 Å². The summed E-state index contributed by atoms with van der Waals surface area (Å²) in [5, 5.41) is 6.63. The van der Waals surface area contributed by atoms with Crippen molar-refractivity contribution in [2.45, 2.75) is 58.9 Å². The first-order chi connectivity index (χ1) is 11.5. The third-order valence-corrected chi connectivity index (χ3v) is 5.62. The van der Waals surface area contributed by atoms with Crippen molar-refractivity contribution in [1.29, 1.82) is 0 Å². The zero-order valence-corrected chi connectivity index (χ0v) is 15.4. The van der Waals surface area contributed by atoms with Gasteiger partial charge in [-0.25, -0.2) is 9.78 Å². The molecule has 2 N–H and O–H groups in total. The van der Waals surface area contributed by atoms with E-state index in [0.29, 0.717) is 11.2 Å². The fourth-order valence-corrected chi connectivity index (χ4v) is 4.00. The summed E-state index contributed by atoms with van der Waals surface area (Å²) in [5.41, 5.74) is 4.59. The van der Waals surface area contributed by atoms with E-state index in [-0.39, 0.29) is 6.03 Å². The first kappa shape index (κ1) is 17.0. The van der Waals surface area contributed by atoms with Crippen LogP contribution in [0.15, 0.2) is 18.2 Å². The second-order valence-electron chi connectivity index (χ2n) is 6.66. The molecule has 1 saturated carbocycles. The first-order valence-corrected chi connectivity index (χ1v) is 9.47. The highest BCUT2D eigenvalue weighted by molar-refractivity contribution is 7.16. The van der Waals surface area contributed by atoms with E-state index in [2.05, 4.69) is 47.7 Å². The van der Waals surface area contributed by atoms with E-state index in [4.69, 9.17) is 0 Å². The first-order valence-electron chi connectivity index (χ1n) is 8.65. The zero-order chi connectivity index (χ0) is 17.1. The fraction of sp³-hybridized carbons (Fsp3) is 0.474. The molecule has 1 fully saturated rings. The summed E-state index contributed by atoms with van der Waals surface area (Å²) in [5.74, 6) is 0. The molecule has 0 radical (unpaired) electrons. The molecule has 0 aliphatic heterocycles. The molecule has 2 amide bonds. The molecule has 2 aromatic rings. The predicted octanol–water partition coefficient (Wildman–Crippen LogP) is 5.19. The molecule has 0 saturated heterocycles. The molecule has 0 spiro atoms. The zero-order valence-electron chi connectivity index (χ0n) is 14.6. The maximum absolute atomic E-state index is 12.2. The Morgan fingerprint density at radius 2 is 1.88 bits per heavy atom. The lowest BCUT2D eigenvalue weighted by atomic mass is 9.96. The largest absolute Gasteiger partial charge is 0.335 e. The minimum Gasteiger partial charge on any atom is -0.335 e. The van der Waals surface area contributed by atoms with Crippen LogP contribution < -0.4 is 10.6 Å². The Morgan fingerprint density at radius 1 is 1.12 bits per heavy atom. The lowest BCUT2D eigenvalue weighted by molar-refractivity contribution is 0.244. The van der Waals surface area contributed by atoms with Crippen LogP contribution in [0.2, 0.25) is 0 Å². The van der Waals surface area contributed by atoms with Gasteiger partial charge in [-0.2, -0.15) is 0 Å². The molecule has 1 aromatic carbocycles. The number of nitrogens with one attached hydrogen (secondary N) is 2. The molecule has 4 nitrogen and oxygen atoms in total. The summed E-state index contributed by atoms with van der Waals surface area (Å²) in [6.07, 6.45) is 5.86. The Hall–Kier alpha value is -1.88. The average molecular weight is 343 g/mol. The molecule has 1 aromatic heterocycles. The van der Waals surface area contributed by atoms with E-state index in [1.807, 2.05) is 6.92 Å². The number of aryl methyl sites for hydroxylation is 3. The lowest BCUT2D eigenvalue weighted by Crippen LogP contribution is -2.38. The Labute approximate surface area is 147 Å². The van der Waals surface area contributed by atoms with Gasteiger partial charge in [0.25, 0.3) is 0 Å². The van der Waals surface area contributed by atoms with Crippen LogP contribution in [0.1, 0.15) is 48.1 Å². The summed E-state index contributed by atoms with van der Waals surface area (Å²) >= 11 is 1.53. The number of benzene rings is 1. The number of carbonyl (C=O) groups is 1. The topological polar surface area (TPSA) is 54.0 Å². The van der Waals surface area contributed by atoms with Gasteiger partial charge in [-0.1, -0.05) is 31.4 Å². The van der Waals surface area contributed by atoms with E-state index in [1.54, 1.807) is 0 Å². The van der Waals surface area contributed by atoms with Crippen LogP contribution in [-0.4, -0.2) is 17.1 Å². The summed E-state index contributed by atoms with van der Waals surface area (Å²) in [6, 6.07) is 6.53. The van der Waals surface area contributed by atoms with Crippen LogP contribution in [0.5, 0.6) is 0 Å². The van der Waals surface area contributed by atoms with Gasteiger partial charge in [-0.15, -0.1) is 11.3 Å². The van der Waals surface area contributed by atoms with Crippen molar-refractivity contribution < 1.29 is 4.79 Å². The van der Waals surface area contributed by atoms with Gasteiger partial charge in [0.1, 0.15) is 0 Å². The molecule has 0 bridgehead atoms. The van der Waals surface area contributed by atoms with Crippen LogP contribution >= 0.6 is 11.3 Å². The number of hydrogen-bond donors (Lipinski definition) is 2. The van der Waals surface area contributed by atoms with Crippen LogP contribution in [-0.2, 0) is 0 Å². The van der Waals surface area contributed by atoms with Gasteiger partial charge in [0.05, 0.1) is 5.69 Å². The highest BCUT2D eigenvalue weighted by Crippen LogP contribution is 2.31. The van der Waals surface area contributed by atoms with Gasteiger partial charge < -0.3 is 5.32 Å². The molecule has 24 heavy (non-hydrogen) atoms. The van der Waals surface area contributed by atoms with E-state index < -0.39 is 0 Å². The lowest BCUT2D eigenvalue weighted by Gasteiger charge is -2.22. The maximum atomic E-state index is 12.2. The molecule has 0 atom stereocenters. The van der Waals surface area contributed by atoms with Gasteiger partial charge in [0, 0.05) is 16.5 Å². The van der Waals surface area contributed by atoms with Crippen molar-refractivity contribution in [3.05, 3.63) is 34.2 Å². The van der Waals surface area contributed by atoms with Crippen LogP contribution in [0, 0.1) is 20.8 Å². The van der Waals surface area contributed by atoms with Gasteiger partial charge in [-0.05, 0) is 50.8 Å². The predicted molar refractivity (Wildman–Crippen MR) is 101 cm³/mol.